The Bertz CT molecular complexity index is 378. The van der Waals surface area contributed by atoms with E-state index in [0.717, 1.165) is 45.9 Å². The molecule has 0 bridgehead atoms. The van der Waals surface area contributed by atoms with Crippen LogP contribution in [-0.2, 0) is 9.53 Å². The van der Waals surface area contributed by atoms with Crippen LogP contribution >= 0.6 is 12.4 Å². The zero-order chi connectivity index (χ0) is 15.4. The summed E-state index contributed by atoms with van der Waals surface area (Å²) in [6.07, 6.45) is 6.34. The molecule has 0 aromatic rings. The Morgan fingerprint density at radius 3 is 2.48 bits per heavy atom. The van der Waals surface area contributed by atoms with E-state index in [4.69, 9.17) is 4.74 Å². The van der Waals surface area contributed by atoms with Gasteiger partial charge < -0.3 is 15.4 Å². The summed E-state index contributed by atoms with van der Waals surface area (Å²) in [6.45, 7) is 8.56. The van der Waals surface area contributed by atoms with Crippen molar-refractivity contribution in [2.24, 2.45) is 11.8 Å². The van der Waals surface area contributed by atoms with Gasteiger partial charge in [0.2, 0.25) is 5.91 Å². The van der Waals surface area contributed by atoms with Gasteiger partial charge in [0.25, 0.3) is 0 Å². The van der Waals surface area contributed by atoms with Crippen molar-refractivity contribution in [2.75, 3.05) is 45.9 Å². The van der Waals surface area contributed by atoms with Crippen molar-refractivity contribution in [1.82, 2.24) is 15.5 Å². The maximum absolute atomic E-state index is 12.5. The van der Waals surface area contributed by atoms with Crippen molar-refractivity contribution >= 4 is 18.3 Å². The Morgan fingerprint density at radius 1 is 1.26 bits per heavy atom. The molecule has 1 aliphatic carbocycles. The molecule has 0 spiro atoms. The third-order valence-corrected chi connectivity index (χ3v) is 5.99. The van der Waals surface area contributed by atoms with Gasteiger partial charge in [0.15, 0.2) is 0 Å². The SMILES string of the molecule is CC(C(=O)NCC1(N2CCOCC2)CCCCC1)C1CNC1.Cl. The van der Waals surface area contributed by atoms with E-state index >= 15 is 0 Å². The van der Waals surface area contributed by atoms with Gasteiger partial charge in [-0.1, -0.05) is 26.2 Å². The highest BCUT2D eigenvalue weighted by molar-refractivity contribution is 5.85. The molecular formula is C17H32ClN3O2. The number of carbonyl (C=O) groups is 1. The smallest absolute Gasteiger partial charge is 0.223 e. The lowest BCUT2D eigenvalue weighted by atomic mass is 9.79. The van der Waals surface area contributed by atoms with E-state index in [1.165, 1.54) is 32.1 Å². The molecule has 2 heterocycles. The number of carbonyl (C=O) groups excluding carboxylic acids is 1. The second kappa shape index (κ2) is 8.65. The van der Waals surface area contributed by atoms with Gasteiger partial charge in [0.05, 0.1) is 13.2 Å². The standard InChI is InChI=1S/C17H31N3O2.ClH/c1-14(15-11-18-12-15)16(21)19-13-17(5-3-2-4-6-17)20-7-9-22-10-8-20;/h14-15,18H,2-13H2,1H3,(H,19,21);1H. The summed E-state index contributed by atoms with van der Waals surface area (Å²) < 4.78 is 5.52. The van der Waals surface area contributed by atoms with Crippen molar-refractivity contribution in [3.8, 4) is 0 Å². The minimum absolute atomic E-state index is 0. The Kier molecular flexibility index (Phi) is 7.14. The topological polar surface area (TPSA) is 53.6 Å². The fourth-order valence-corrected chi connectivity index (χ4v) is 4.14. The molecule has 1 saturated carbocycles. The molecule has 3 fully saturated rings. The minimum Gasteiger partial charge on any atom is -0.379 e. The predicted molar refractivity (Wildman–Crippen MR) is 94.0 cm³/mol. The molecule has 2 N–H and O–H groups in total. The van der Waals surface area contributed by atoms with E-state index in [9.17, 15) is 4.79 Å². The molecule has 6 heteroatoms. The molecule has 1 unspecified atom stereocenters. The molecule has 2 saturated heterocycles. The van der Waals surface area contributed by atoms with Crippen LogP contribution in [0.15, 0.2) is 0 Å². The third-order valence-electron chi connectivity index (χ3n) is 5.99. The van der Waals surface area contributed by atoms with Gasteiger partial charge in [-0.25, -0.2) is 0 Å². The first-order chi connectivity index (χ1) is 10.7. The van der Waals surface area contributed by atoms with Crippen LogP contribution in [0.2, 0.25) is 0 Å². The van der Waals surface area contributed by atoms with E-state index in [0.29, 0.717) is 5.92 Å². The number of nitrogens with zero attached hydrogens (tertiary/aromatic N) is 1. The number of hydrogen-bond acceptors (Lipinski definition) is 4. The molecule has 23 heavy (non-hydrogen) atoms. The number of ether oxygens (including phenoxy) is 1. The number of halogens is 1. The highest BCUT2D eigenvalue weighted by Crippen LogP contribution is 2.34. The van der Waals surface area contributed by atoms with E-state index in [2.05, 4.69) is 22.5 Å². The fraction of sp³-hybridized carbons (Fsp3) is 0.941. The molecule has 2 aliphatic heterocycles. The first kappa shape index (κ1) is 19.0. The van der Waals surface area contributed by atoms with Crippen molar-refractivity contribution in [3.05, 3.63) is 0 Å². The first-order valence-electron chi connectivity index (χ1n) is 9.02. The average molecular weight is 346 g/mol. The average Bonchev–Trinajstić information content (AvgIpc) is 2.52. The van der Waals surface area contributed by atoms with E-state index in [1.807, 2.05) is 0 Å². The van der Waals surface area contributed by atoms with Crippen molar-refractivity contribution in [1.29, 1.82) is 0 Å². The summed E-state index contributed by atoms with van der Waals surface area (Å²) in [5, 5.41) is 6.55. The van der Waals surface area contributed by atoms with Crippen LogP contribution < -0.4 is 10.6 Å². The largest absolute Gasteiger partial charge is 0.379 e. The number of morpholine rings is 1. The molecule has 134 valence electrons. The molecule has 0 aromatic carbocycles. The lowest BCUT2D eigenvalue weighted by Gasteiger charge is -2.48. The maximum Gasteiger partial charge on any atom is 0.223 e. The molecule has 5 nitrogen and oxygen atoms in total. The summed E-state index contributed by atoms with van der Waals surface area (Å²) in [7, 11) is 0. The van der Waals surface area contributed by atoms with Crippen LogP contribution in [-0.4, -0.2) is 62.3 Å². The van der Waals surface area contributed by atoms with Gasteiger partial charge in [-0.2, -0.15) is 0 Å². The van der Waals surface area contributed by atoms with Gasteiger partial charge in [0, 0.05) is 31.1 Å². The normalized spacial score (nSPS) is 26.7. The van der Waals surface area contributed by atoms with Crippen LogP contribution in [0, 0.1) is 11.8 Å². The van der Waals surface area contributed by atoms with Gasteiger partial charge in [0.1, 0.15) is 0 Å². The zero-order valence-electron chi connectivity index (χ0n) is 14.3. The molecule has 0 radical (unpaired) electrons. The fourth-order valence-electron chi connectivity index (χ4n) is 4.14. The highest BCUT2D eigenvalue weighted by atomic mass is 35.5. The van der Waals surface area contributed by atoms with Crippen LogP contribution in [0.3, 0.4) is 0 Å². The number of hydrogen-bond donors (Lipinski definition) is 2. The lowest BCUT2D eigenvalue weighted by molar-refractivity contribution is -0.128. The summed E-state index contributed by atoms with van der Waals surface area (Å²) in [5.41, 5.74) is 0.176. The van der Waals surface area contributed by atoms with Crippen molar-refractivity contribution < 1.29 is 9.53 Å². The Labute approximate surface area is 146 Å². The summed E-state index contributed by atoms with van der Waals surface area (Å²) in [6, 6.07) is 0. The van der Waals surface area contributed by atoms with E-state index in [1.54, 1.807) is 0 Å². The molecular weight excluding hydrogens is 314 g/mol. The van der Waals surface area contributed by atoms with E-state index in [-0.39, 0.29) is 29.8 Å². The molecule has 3 rings (SSSR count). The summed E-state index contributed by atoms with van der Waals surface area (Å²) >= 11 is 0. The van der Waals surface area contributed by atoms with Gasteiger partial charge in [-0.05, 0) is 31.8 Å². The van der Waals surface area contributed by atoms with Gasteiger partial charge in [-0.15, -0.1) is 12.4 Å². The summed E-state index contributed by atoms with van der Waals surface area (Å²) in [5.74, 6) is 0.891. The van der Waals surface area contributed by atoms with Crippen molar-refractivity contribution in [3.63, 3.8) is 0 Å². The van der Waals surface area contributed by atoms with Gasteiger partial charge in [-0.3, -0.25) is 9.69 Å². The van der Waals surface area contributed by atoms with Crippen molar-refractivity contribution in [2.45, 2.75) is 44.6 Å². The molecule has 1 amide bonds. The van der Waals surface area contributed by atoms with Crippen LogP contribution in [0.4, 0.5) is 0 Å². The molecule has 0 aromatic heterocycles. The number of amides is 1. The predicted octanol–water partition coefficient (Wildman–Crippen LogP) is 1.41. The Morgan fingerprint density at radius 2 is 1.91 bits per heavy atom. The quantitative estimate of drug-likeness (QED) is 0.791. The van der Waals surface area contributed by atoms with Gasteiger partial charge >= 0.3 is 0 Å². The Balaban J connectivity index is 0.00000192. The lowest BCUT2D eigenvalue weighted by Crippen LogP contribution is -2.60. The summed E-state index contributed by atoms with van der Waals surface area (Å²) in [4.78, 5) is 15.1. The van der Waals surface area contributed by atoms with Crippen LogP contribution in [0.5, 0.6) is 0 Å². The second-order valence-corrected chi connectivity index (χ2v) is 7.31. The highest BCUT2D eigenvalue weighted by Gasteiger charge is 2.39. The molecule has 1 atom stereocenters. The second-order valence-electron chi connectivity index (χ2n) is 7.31. The number of nitrogens with one attached hydrogen (secondary N) is 2. The van der Waals surface area contributed by atoms with Crippen LogP contribution in [0.1, 0.15) is 39.0 Å². The first-order valence-corrected chi connectivity index (χ1v) is 9.02. The Hall–Kier alpha value is -0.360. The zero-order valence-corrected chi connectivity index (χ0v) is 15.1. The van der Waals surface area contributed by atoms with E-state index < -0.39 is 0 Å². The maximum atomic E-state index is 12.5. The van der Waals surface area contributed by atoms with Crippen LogP contribution in [0.25, 0.3) is 0 Å². The third kappa shape index (κ3) is 4.38. The minimum atomic E-state index is 0. The number of rotatable bonds is 5. The molecule has 3 aliphatic rings. The monoisotopic (exact) mass is 345 g/mol.